The van der Waals surface area contributed by atoms with Gasteiger partial charge in [-0.05, 0) is 61.6 Å². The third-order valence-corrected chi connectivity index (χ3v) is 11.4. The number of amides is 4. The van der Waals surface area contributed by atoms with Crippen molar-refractivity contribution in [2.75, 3.05) is 27.3 Å². The number of aromatic amines is 3. The van der Waals surface area contributed by atoms with E-state index in [1.54, 1.807) is 6.20 Å². The highest BCUT2D eigenvalue weighted by atomic mass is 16.5. The van der Waals surface area contributed by atoms with Gasteiger partial charge in [0.1, 0.15) is 23.7 Å². The number of aryl methyl sites for hydroxylation is 1. The quantitative estimate of drug-likeness (QED) is 0.0944. The molecule has 0 saturated carbocycles. The zero-order valence-corrected chi connectivity index (χ0v) is 34.1. The summed E-state index contributed by atoms with van der Waals surface area (Å²) in [4.78, 5) is 75.0. The molecule has 0 radical (unpaired) electrons. The molecule has 0 unspecified atom stereocenters. The third kappa shape index (κ3) is 7.89. The average molecular weight is 792 g/mol. The Bertz CT molecular complexity index is 2290. The van der Waals surface area contributed by atoms with Gasteiger partial charge in [-0.25, -0.2) is 19.6 Å². The first-order valence-electron chi connectivity index (χ1n) is 20.0. The number of nitrogens with one attached hydrogen (secondary N) is 5. The van der Waals surface area contributed by atoms with E-state index in [1.807, 2.05) is 50.6 Å². The van der Waals surface area contributed by atoms with Gasteiger partial charge in [0.2, 0.25) is 11.8 Å². The fraction of sp³-hybridized carbons (Fsp3) is 0.442. The molecule has 2 aliphatic rings. The van der Waals surface area contributed by atoms with Crippen LogP contribution in [-0.4, -0.2) is 98.1 Å². The fourth-order valence-electron chi connectivity index (χ4n) is 8.34. The van der Waals surface area contributed by atoms with Crippen LogP contribution in [0.1, 0.15) is 82.8 Å². The second-order valence-corrected chi connectivity index (χ2v) is 15.9. The van der Waals surface area contributed by atoms with Crippen LogP contribution in [0.4, 0.5) is 9.59 Å². The SMILES string of the molecule is COC(=O)N[C@H](C(=O)N1CCC[C@H]1c1ncc(-c2ccc(-c3ccc(-c4cnc([C@@H]5CCCN5C(=O)[C@@H](NC(=O)OC)C(C)C)[nH]4)c4cc(C)[nH]c34)cc2)[nH]1)C(C)C. The molecular formula is C43H53N9O6. The number of likely N-dealkylation sites (tertiary alicyclic amines) is 2. The lowest BCUT2D eigenvalue weighted by molar-refractivity contribution is -0.136. The summed E-state index contributed by atoms with van der Waals surface area (Å²) >= 11 is 0. The van der Waals surface area contributed by atoms with Crippen LogP contribution in [0, 0.1) is 18.8 Å². The van der Waals surface area contributed by atoms with E-state index in [4.69, 9.17) is 19.4 Å². The summed E-state index contributed by atoms with van der Waals surface area (Å²) < 4.78 is 9.55. The smallest absolute Gasteiger partial charge is 0.407 e. The number of imidazole rings is 2. The van der Waals surface area contributed by atoms with Gasteiger partial charge in [0.25, 0.3) is 0 Å². The second kappa shape index (κ2) is 16.8. The van der Waals surface area contributed by atoms with Crippen LogP contribution in [0.2, 0.25) is 0 Å². The first-order chi connectivity index (χ1) is 27.9. The van der Waals surface area contributed by atoms with Gasteiger partial charge in [0.05, 0.1) is 55.6 Å². The molecule has 2 aromatic carbocycles. The Balaban J connectivity index is 1.09. The van der Waals surface area contributed by atoms with E-state index in [2.05, 4.69) is 68.1 Å². The van der Waals surface area contributed by atoms with Gasteiger partial charge in [-0.3, -0.25) is 9.59 Å². The van der Waals surface area contributed by atoms with E-state index in [0.29, 0.717) is 24.7 Å². The van der Waals surface area contributed by atoms with Crippen molar-refractivity contribution in [2.45, 2.75) is 84.5 Å². The first kappa shape index (κ1) is 40.1. The highest BCUT2D eigenvalue weighted by Crippen LogP contribution is 2.39. The van der Waals surface area contributed by atoms with E-state index >= 15 is 0 Å². The van der Waals surface area contributed by atoms with Crippen molar-refractivity contribution >= 4 is 34.9 Å². The molecule has 0 spiro atoms. The molecule has 5 heterocycles. The first-order valence-corrected chi connectivity index (χ1v) is 20.0. The number of carbonyl (C=O) groups excluding carboxylic acids is 4. The highest BCUT2D eigenvalue weighted by molar-refractivity contribution is 6.03. The van der Waals surface area contributed by atoms with Crippen molar-refractivity contribution in [3.05, 3.63) is 72.2 Å². The molecule has 2 saturated heterocycles. The van der Waals surface area contributed by atoms with Gasteiger partial charge in [-0.2, -0.15) is 0 Å². The van der Waals surface area contributed by atoms with Crippen molar-refractivity contribution < 1.29 is 28.7 Å². The van der Waals surface area contributed by atoms with E-state index in [1.165, 1.54) is 14.2 Å². The lowest BCUT2D eigenvalue weighted by atomic mass is 9.97. The van der Waals surface area contributed by atoms with Crippen molar-refractivity contribution in [3.8, 4) is 33.6 Å². The number of hydrogen-bond donors (Lipinski definition) is 5. The number of aromatic nitrogens is 5. The molecular weight excluding hydrogens is 739 g/mol. The van der Waals surface area contributed by atoms with Gasteiger partial charge >= 0.3 is 12.2 Å². The summed E-state index contributed by atoms with van der Waals surface area (Å²) in [5, 5.41) is 6.46. The normalized spacial score (nSPS) is 17.9. The van der Waals surface area contributed by atoms with Gasteiger partial charge in [0.15, 0.2) is 0 Å². The van der Waals surface area contributed by atoms with Gasteiger partial charge in [-0.1, -0.05) is 64.1 Å². The Morgan fingerprint density at radius 1 is 0.690 bits per heavy atom. The Morgan fingerprint density at radius 2 is 1.17 bits per heavy atom. The van der Waals surface area contributed by atoms with Crippen LogP contribution in [0.25, 0.3) is 44.5 Å². The van der Waals surface area contributed by atoms with Crippen molar-refractivity contribution in [3.63, 3.8) is 0 Å². The maximum Gasteiger partial charge on any atom is 0.407 e. The average Bonchev–Trinajstić information content (AvgIpc) is 4.06. The lowest BCUT2D eigenvalue weighted by Gasteiger charge is -2.30. The van der Waals surface area contributed by atoms with Crippen molar-refractivity contribution in [2.24, 2.45) is 11.8 Å². The Labute approximate surface area is 337 Å². The number of fused-ring (bicyclic) bond motifs is 1. The van der Waals surface area contributed by atoms with Gasteiger partial charge in [-0.15, -0.1) is 0 Å². The number of H-pyrrole nitrogens is 3. The predicted molar refractivity (Wildman–Crippen MR) is 219 cm³/mol. The number of nitrogens with zero attached hydrogens (tertiary/aromatic N) is 4. The molecule has 2 fully saturated rings. The molecule has 5 aromatic rings. The molecule has 0 bridgehead atoms. The summed E-state index contributed by atoms with van der Waals surface area (Å²) in [6.07, 6.45) is 5.60. The second-order valence-electron chi connectivity index (χ2n) is 15.9. The number of ether oxygens (including phenoxy) is 2. The number of alkyl carbamates (subject to hydrolysis) is 2. The maximum absolute atomic E-state index is 13.7. The number of methoxy groups -OCH3 is 2. The summed E-state index contributed by atoms with van der Waals surface area (Å²) in [6.45, 7) is 10.8. The minimum absolute atomic E-state index is 0.112. The van der Waals surface area contributed by atoms with Crippen molar-refractivity contribution in [1.29, 1.82) is 0 Å². The van der Waals surface area contributed by atoms with Crippen LogP contribution in [0.3, 0.4) is 0 Å². The summed E-state index contributed by atoms with van der Waals surface area (Å²) in [5.74, 6) is 0.909. The molecule has 4 amide bonds. The van der Waals surface area contributed by atoms with Gasteiger partial charge < -0.3 is 44.9 Å². The predicted octanol–water partition coefficient (Wildman–Crippen LogP) is 7.01. The summed E-state index contributed by atoms with van der Waals surface area (Å²) in [6, 6.07) is 12.8. The van der Waals surface area contributed by atoms with Crippen LogP contribution in [0.15, 0.2) is 54.9 Å². The van der Waals surface area contributed by atoms with E-state index in [-0.39, 0.29) is 35.7 Å². The number of carbonyl (C=O) groups is 4. The molecule has 58 heavy (non-hydrogen) atoms. The number of benzene rings is 2. The minimum atomic E-state index is -0.703. The lowest BCUT2D eigenvalue weighted by Crippen LogP contribution is -2.51. The Kier molecular flexibility index (Phi) is 11.6. The highest BCUT2D eigenvalue weighted by Gasteiger charge is 2.39. The van der Waals surface area contributed by atoms with E-state index in [0.717, 1.165) is 75.9 Å². The molecule has 0 aliphatic carbocycles. The molecule has 2 aliphatic heterocycles. The van der Waals surface area contributed by atoms with Crippen LogP contribution in [0.5, 0.6) is 0 Å². The zero-order valence-electron chi connectivity index (χ0n) is 34.1. The largest absolute Gasteiger partial charge is 0.453 e. The Hall–Kier alpha value is -6.12. The monoisotopic (exact) mass is 791 g/mol. The van der Waals surface area contributed by atoms with E-state index in [9.17, 15) is 19.2 Å². The summed E-state index contributed by atoms with van der Waals surface area (Å²) in [7, 11) is 2.58. The molecule has 15 nitrogen and oxygen atoms in total. The Morgan fingerprint density at radius 3 is 1.69 bits per heavy atom. The van der Waals surface area contributed by atoms with E-state index < -0.39 is 24.3 Å². The molecule has 3 aromatic heterocycles. The van der Waals surface area contributed by atoms with Crippen LogP contribution >= 0.6 is 0 Å². The standard InChI is InChI=1S/C43H53N9O6/c1-23(2)35(49-42(55)57-6)40(53)51-18-8-10-33(51)38-44-21-31(47-38)27-14-12-26(13-15-27)28-16-17-29(30-20-25(5)46-37(28)30)32-22-45-39(48-32)34-11-9-19-52(34)41(54)36(24(3)4)50-43(56)58-7/h12-17,20-24,33-36,46H,8-11,18-19H2,1-7H3,(H,44,47)(H,45,48)(H,49,55)(H,50,56)/t33-,34-,35-,36-/m0/s1. The minimum Gasteiger partial charge on any atom is -0.453 e. The molecule has 306 valence electrons. The van der Waals surface area contributed by atoms with Crippen LogP contribution in [-0.2, 0) is 19.1 Å². The molecule has 4 atom stereocenters. The number of hydrogen-bond acceptors (Lipinski definition) is 8. The summed E-state index contributed by atoms with van der Waals surface area (Å²) in [5.41, 5.74) is 7.77. The fourth-order valence-corrected chi connectivity index (χ4v) is 8.34. The molecule has 5 N–H and O–H groups in total. The number of rotatable bonds is 11. The van der Waals surface area contributed by atoms with Crippen molar-refractivity contribution in [1.82, 2.24) is 45.4 Å². The molecule has 7 rings (SSSR count). The topological polar surface area (TPSA) is 190 Å². The molecule has 15 heteroatoms. The zero-order chi connectivity index (χ0) is 41.2. The third-order valence-electron chi connectivity index (χ3n) is 11.4. The van der Waals surface area contributed by atoms with Gasteiger partial charge in [0, 0.05) is 35.3 Å². The van der Waals surface area contributed by atoms with Crippen LogP contribution < -0.4 is 10.6 Å². The maximum atomic E-state index is 13.7.